The molecule has 94 valence electrons. The largest absolute Gasteiger partial charge is 0.385 e. The molecule has 1 aromatic rings. The first-order chi connectivity index (χ1) is 8.08. The topological polar surface area (TPSA) is 20.2 Å². The van der Waals surface area contributed by atoms with Gasteiger partial charge in [-0.05, 0) is 31.7 Å². The molecule has 1 saturated carbocycles. The van der Waals surface area contributed by atoms with Gasteiger partial charge in [-0.15, -0.1) is 0 Å². The molecule has 0 heterocycles. The minimum atomic E-state index is -0.955. The van der Waals surface area contributed by atoms with Crippen molar-refractivity contribution in [3.8, 4) is 0 Å². The van der Waals surface area contributed by atoms with Gasteiger partial charge in [0.2, 0.25) is 0 Å². The van der Waals surface area contributed by atoms with Gasteiger partial charge in [0.15, 0.2) is 0 Å². The Morgan fingerprint density at radius 1 is 1.41 bits per heavy atom. The summed E-state index contributed by atoms with van der Waals surface area (Å²) in [5.74, 6) is -0.0778. The van der Waals surface area contributed by atoms with Crippen LogP contribution in [0.4, 0.5) is 4.39 Å². The summed E-state index contributed by atoms with van der Waals surface area (Å²) in [6, 6.07) is 5.04. The fourth-order valence-electron chi connectivity index (χ4n) is 3.10. The van der Waals surface area contributed by atoms with Crippen LogP contribution in [-0.2, 0) is 5.60 Å². The summed E-state index contributed by atoms with van der Waals surface area (Å²) < 4.78 is 13.9. The molecule has 2 atom stereocenters. The van der Waals surface area contributed by atoms with E-state index >= 15 is 0 Å². The number of aryl methyl sites for hydroxylation is 1. The third-order valence-corrected chi connectivity index (χ3v) is 4.12. The first-order valence-corrected chi connectivity index (χ1v) is 6.57. The third-order valence-electron chi connectivity index (χ3n) is 4.12. The smallest absolute Gasteiger partial charge is 0.129 e. The van der Waals surface area contributed by atoms with Crippen molar-refractivity contribution in [2.24, 2.45) is 5.92 Å². The van der Waals surface area contributed by atoms with E-state index in [0.29, 0.717) is 12.0 Å². The summed E-state index contributed by atoms with van der Waals surface area (Å²) in [6.45, 7) is 4.02. The summed E-state index contributed by atoms with van der Waals surface area (Å²) in [5, 5.41) is 10.9. The van der Waals surface area contributed by atoms with E-state index in [1.807, 2.05) is 13.0 Å². The number of hydrogen-bond donors (Lipinski definition) is 1. The lowest BCUT2D eigenvalue weighted by Gasteiger charge is -2.40. The molecule has 1 N–H and O–H groups in total. The second-order valence-corrected chi connectivity index (χ2v) is 5.26. The summed E-state index contributed by atoms with van der Waals surface area (Å²) in [5.41, 5.74) is 0.558. The minimum absolute atomic E-state index is 0.188. The van der Waals surface area contributed by atoms with Crippen LogP contribution >= 0.6 is 0 Å². The monoisotopic (exact) mass is 236 g/mol. The Balaban J connectivity index is 2.44. The van der Waals surface area contributed by atoms with E-state index in [1.54, 1.807) is 6.07 Å². The molecule has 1 aliphatic rings. The van der Waals surface area contributed by atoms with Gasteiger partial charge in [-0.25, -0.2) is 4.39 Å². The molecule has 1 fully saturated rings. The van der Waals surface area contributed by atoms with Gasteiger partial charge in [0.1, 0.15) is 5.82 Å². The Morgan fingerprint density at radius 2 is 2.18 bits per heavy atom. The molecule has 0 saturated heterocycles. The molecule has 17 heavy (non-hydrogen) atoms. The van der Waals surface area contributed by atoms with Gasteiger partial charge < -0.3 is 5.11 Å². The molecule has 2 rings (SSSR count). The van der Waals surface area contributed by atoms with Crippen LogP contribution in [0.5, 0.6) is 0 Å². The van der Waals surface area contributed by atoms with Crippen molar-refractivity contribution in [1.82, 2.24) is 0 Å². The Labute approximate surface area is 103 Å². The molecule has 2 unspecified atom stereocenters. The predicted octanol–water partition coefficient (Wildman–Crippen LogP) is 3.92. The lowest BCUT2D eigenvalue weighted by molar-refractivity contribution is -0.0583. The predicted molar refractivity (Wildman–Crippen MR) is 67.3 cm³/mol. The highest BCUT2D eigenvalue weighted by molar-refractivity contribution is 5.30. The zero-order valence-electron chi connectivity index (χ0n) is 10.7. The molecule has 0 amide bonds. The van der Waals surface area contributed by atoms with Crippen LogP contribution in [0.15, 0.2) is 18.2 Å². The molecule has 1 aliphatic carbocycles. The standard InChI is InChI=1S/C15H21FO/c1-3-12-6-4-5-9-15(12,17)13-10-11(2)7-8-14(13)16/h7-8,10,12,17H,3-6,9H2,1-2H3. The highest BCUT2D eigenvalue weighted by Gasteiger charge is 2.40. The molecule has 0 spiro atoms. The van der Waals surface area contributed by atoms with Crippen molar-refractivity contribution in [3.63, 3.8) is 0 Å². The SMILES string of the molecule is CCC1CCCCC1(O)c1cc(C)ccc1F. The normalized spacial score (nSPS) is 29.3. The Morgan fingerprint density at radius 3 is 2.88 bits per heavy atom. The zero-order valence-corrected chi connectivity index (χ0v) is 10.7. The third kappa shape index (κ3) is 2.23. The lowest BCUT2D eigenvalue weighted by Crippen LogP contribution is -2.38. The molecule has 0 aromatic heterocycles. The van der Waals surface area contributed by atoms with Gasteiger partial charge in [-0.1, -0.05) is 43.9 Å². The van der Waals surface area contributed by atoms with E-state index in [4.69, 9.17) is 0 Å². The van der Waals surface area contributed by atoms with Crippen molar-refractivity contribution in [2.75, 3.05) is 0 Å². The summed E-state index contributed by atoms with van der Waals surface area (Å²) in [6.07, 6.45) is 4.73. The second-order valence-electron chi connectivity index (χ2n) is 5.26. The number of halogens is 1. The quantitative estimate of drug-likeness (QED) is 0.825. The van der Waals surface area contributed by atoms with Crippen LogP contribution in [0.1, 0.15) is 50.2 Å². The van der Waals surface area contributed by atoms with Gasteiger partial charge in [0.25, 0.3) is 0 Å². The molecule has 1 aromatic carbocycles. The lowest BCUT2D eigenvalue weighted by atomic mass is 9.70. The molecule has 0 aliphatic heterocycles. The number of aliphatic hydroxyl groups is 1. The fourth-order valence-corrected chi connectivity index (χ4v) is 3.10. The highest BCUT2D eigenvalue weighted by atomic mass is 19.1. The maximum Gasteiger partial charge on any atom is 0.129 e. The van der Waals surface area contributed by atoms with Gasteiger partial charge in [-0.2, -0.15) is 0 Å². The second kappa shape index (κ2) is 4.77. The molecule has 0 bridgehead atoms. The fraction of sp³-hybridized carbons (Fsp3) is 0.600. The first kappa shape index (κ1) is 12.6. The number of rotatable bonds is 2. The van der Waals surface area contributed by atoms with Crippen molar-refractivity contribution >= 4 is 0 Å². The summed E-state index contributed by atoms with van der Waals surface area (Å²) in [4.78, 5) is 0. The van der Waals surface area contributed by atoms with E-state index in [-0.39, 0.29) is 11.7 Å². The van der Waals surface area contributed by atoms with Crippen molar-refractivity contribution in [1.29, 1.82) is 0 Å². The first-order valence-electron chi connectivity index (χ1n) is 6.57. The Hall–Kier alpha value is -0.890. The number of benzene rings is 1. The Bertz CT molecular complexity index is 402. The zero-order chi connectivity index (χ0) is 12.5. The van der Waals surface area contributed by atoms with Crippen LogP contribution in [0.25, 0.3) is 0 Å². The van der Waals surface area contributed by atoms with Crippen LogP contribution < -0.4 is 0 Å². The van der Waals surface area contributed by atoms with E-state index in [0.717, 1.165) is 31.2 Å². The molecule has 2 heteroatoms. The molecule has 0 radical (unpaired) electrons. The van der Waals surface area contributed by atoms with Gasteiger partial charge >= 0.3 is 0 Å². The van der Waals surface area contributed by atoms with Crippen molar-refractivity contribution in [3.05, 3.63) is 35.1 Å². The van der Waals surface area contributed by atoms with Gasteiger partial charge in [-0.3, -0.25) is 0 Å². The average Bonchev–Trinajstić information content (AvgIpc) is 2.33. The maximum absolute atomic E-state index is 13.9. The Kier molecular flexibility index (Phi) is 3.53. The minimum Gasteiger partial charge on any atom is -0.385 e. The molecule has 1 nitrogen and oxygen atoms in total. The molecular formula is C15H21FO. The summed E-state index contributed by atoms with van der Waals surface area (Å²) in [7, 11) is 0. The van der Waals surface area contributed by atoms with Crippen LogP contribution in [0, 0.1) is 18.7 Å². The van der Waals surface area contributed by atoms with Crippen LogP contribution in [0.2, 0.25) is 0 Å². The van der Waals surface area contributed by atoms with Crippen molar-refractivity contribution < 1.29 is 9.50 Å². The number of hydrogen-bond acceptors (Lipinski definition) is 1. The van der Waals surface area contributed by atoms with E-state index in [2.05, 4.69) is 6.92 Å². The van der Waals surface area contributed by atoms with Gasteiger partial charge in [0, 0.05) is 5.56 Å². The van der Waals surface area contributed by atoms with Crippen molar-refractivity contribution in [2.45, 2.75) is 51.6 Å². The maximum atomic E-state index is 13.9. The van der Waals surface area contributed by atoms with E-state index < -0.39 is 5.60 Å². The average molecular weight is 236 g/mol. The highest BCUT2D eigenvalue weighted by Crippen LogP contribution is 2.44. The van der Waals surface area contributed by atoms with Crippen LogP contribution in [0.3, 0.4) is 0 Å². The molecular weight excluding hydrogens is 215 g/mol. The van der Waals surface area contributed by atoms with Crippen LogP contribution in [-0.4, -0.2) is 5.11 Å². The summed E-state index contributed by atoms with van der Waals surface area (Å²) >= 11 is 0. The van der Waals surface area contributed by atoms with E-state index in [1.165, 1.54) is 6.07 Å². The van der Waals surface area contributed by atoms with E-state index in [9.17, 15) is 9.50 Å². The van der Waals surface area contributed by atoms with Gasteiger partial charge in [0.05, 0.1) is 5.60 Å².